The number of pyridine rings is 1. The molecule has 0 fully saturated rings. The van der Waals surface area contributed by atoms with Crippen LogP contribution in [0.4, 0.5) is 5.69 Å². The number of nitrogens with zero attached hydrogens (tertiary/aromatic N) is 2. The third kappa shape index (κ3) is 3.40. The number of anilines is 1. The highest BCUT2D eigenvalue weighted by Gasteiger charge is 2.19. The smallest absolute Gasteiger partial charge is 0.261 e. The Morgan fingerprint density at radius 3 is 2.50 bits per heavy atom. The Bertz CT molecular complexity index is 1110. The van der Waals surface area contributed by atoms with Gasteiger partial charge in [0.1, 0.15) is 5.75 Å². The minimum atomic E-state index is -0.282. The van der Waals surface area contributed by atoms with Crippen molar-refractivity contribution < 1.29 is 9.90 Å². The molecule has 5 nitrogen and oxygen atoms in total. The highest BCUT2D eigenvalue weighted by atomic mass is 16.3. The predicted octanol–water partition coefficient (Wildman–Crippen LogP) is 4.44. The lowest BCUT2D eigenvalue weighted by Gasteiger charge is -2.21. The van der Waals surface area contributed by atoms with Crippen molar-refractivity contribution in [3.8, 4) is 5.75 Å². The van der Waals surface area contributed by atoms with Gasteiger partial charge in [0, 0.05) is 30.7 Å². The van der Waals surface area contributed by atoms with Crippen LogP contribution >= 0.6 is 0 Å². The number of phenolic OH excluding ortho intramolecular Hbond substituents is 1. The van der Waals surface area contributed by atoms with Gasteiger partial charge in [-0.25, -0.2) is 0 Å². The molecule has 1 N–H and O–H groups in total. The number of aromatic hydroxyl groups is 1. The van der Waals surface area contributed by atoms with E-state index in [9.17, 15) is 14.7 Å². The van der Waals surface area contributed by atoms with Crippen LogP contribution in [0, 0.1) is 6.92 Å². The van der Waals surface area contributed by atoms with Crippen molar-refractivity contribution >= 4 is 22.5 Å². The van der Waals surface area contributed by atoms with Gasteiger partial charge in [0.15, 0.2) is 0 Å². The number of carbonyl (C=O) groups is 1. The fraction of sp³-hybridized carbons (Fsp3) is 0.304. The van der Waals surface area contributed by atoms with Crippen molar-refractivity contribution in [2.24, 2.45) is 0 Å². The van der Waals surface area contributed by atoms with Gasteiger partial charge in [-0.05, 0) is 55.7 Å². The van der Waals surface area contributed by atoms with E-state index in [1.54, 1.807) is 29.8 Å². The Balaban J connectivity index is 2.14. The first-order valence-electron chi connectivity index (χ1n) is 9.49. The molecule has 0 spiro atoms. The van der Waals surface area contributed by atoms with Crippen LogP contribution < -0.4 is 10.5 Å². The van der Waals surface area contributed by atoms with Crippen molar-refractivity contribution in [2.75, 3.05) is 11.9 Å². The molecule has 1 heterocycles. The average molecular weight is 378 g/mol. The zero-order chi connectivity index (χ0) is 20.6. The van der Waals surface area contributed by atoms with E-state index in [1.165, 1.54) is 11.0 Å². The Morgan fingerprint density at radius 2 is 1.86 bits per heavy atom. The lowest BCUT2D eigenvalue weighted by atomic mass is 9.98. The number of carbonyl (C=O) groups excluding carboxylic acids is 1. The number of aromatic nitrogens is 1. The Morgan fingerprint density at radius 1 is 1.14 bits per heavy atom. The highest BCUT2D eigenvalue weighted by Crippen LogP contribution is 2.29. The largest absolute Gasteiger partial charge is 0.507 e. The summed E-state index contributed by atoms with van der Waals surface area (Å²) < 4.78 is 1.74. The molecule has 146 valence electrons. The summed E-state index contributed by atoms with van der Waals surface area (Å²) in [5.41, 5.74) is 3.70. The number of amides is 1. The molecule has 1 aromatic heterocycles. The standard InChI is InChI=1S/C23H26N2O3/c1-6-25-20-9-8-16(12-18(20)17(14(2)3)13-22(25)27)24(5)23(28)19-11-15(4)7-10-21(19)26/h7-14,26H,6H2,1-5H3. The molecular formula is C23H26N2O3. The second-order valence-corrected chi connectivity index (χ2v) is 7.42. The summed E-state index contributed by atoms with van der Waals surface area (Å²) in [4.78, 5) is 26.9. The van der Waals surface area contributed by atoms with Crippen LogP contribution in [0.3, 0.4) is 0 Å². The highest BCUT2D eigenvalue weighted by molar-refractivity contribution is 6.08. The van der Waals surface area contributed by atoms with Crippen LogP contribution in [-0.2, 0) is 6.54 Å². The quantitative estimate of drug-likeness (QED) is 0.730. The van der Waals surface area contributed by atoms with Gasteiger partial charge >= 0.3 is 0 Å². The van der Waals surface area contributed by atoms with Crippen molar-refractivity contribution in [2.45, 2.75) is 40.2 Å². The minimum Gasteiger partial charge on any atom is -0.507 e. The molecule has 28 heavy (non-hydrogen) atoms. The molecule has 5 heteroatoms. The summed E-state index contributed by atoms with van der Waals surface area (Å²) in [5, 5.41) is 11.1. The van der Waals surface area contributed by atoms with Gasteiger partial charge in [-0.15, -0.1) is 0 Å². The number of benzene rings is 2. The molecular weight excluding hydrogens is 352 g/mol. The number of rotatable bonds is 4. The van der Waals surface area contributed by atoms with Crippen molar-refractivity contribution in [1.82, 2.24) is 4.57 Å². The van der Waals surface area contributed by atoms with Gasteiger partial charge in [0.2, 0.25) is 0 Å². The number of fused-ring (bicyclic) bond motifs is 1. The van der Waals surface area contributed by atoms with E-state index in [0.717, 1.165) is 22.0 Å². The maximum absolute atomic E-state index is 13.0. The summed E-state index contributed by atoms with van der Waals surface area (Å²) >= 11 is 0. The maximum atomic E-state index is 13.0. The lowest BCUT2D eigenvalue weighted by Crippen LogP contribution is -2.26. The van der Waals surface area contributed by atoms with Gasteiger partial charge in [0.05, 0.1) is 11.1 Å². The number of aryl methyl sites for hydroxylation is 2. The van der Waals surface area contributed by atoms with Crippen LogP contribution in [-0.4, -0.2) is 22.6 Å². The maximum Gasteiger partial charge on any atom is 0.261 e. The molecule has 0 bridgehead atoms. The first-order valence-corrected chi connectivity index (χ1v) is 9.49. The van der Waals surface area contributed by atoms with E-state index >= 15 is 0 Å². The fourth-order valence-electron chi connectivity index (χ4n) is 3.53. The van der Waals surface area contributed by atoms with E-state index < -0.39 is 0 Å². The Labute approximate surface area is 164 Å². The summed E-state index contributed by atoms with van der Waals surface area (Å²) in [6, 6.07) is 12.3. The summed E-state index contributed by atoms with van der Waals surface area (Å²) in [6.45, 7) is 8.51. The monoisotopic (exact) mass is 378 g/mol. The molecule has 0 saturated carbocycles. The van der Waals surface area contributed by atoms with E-state index in [4.69, 9.17) is 0 Å². The normalized spacial score (nSPS) is 11.2. The molecule has 3 aromatic rings. The molecule has 3 rings (SSSR count). The topological polar surface area (TPSA) is 62.5 Å². The van der Waals surface area contributed by atoms with Crippen LogP contribution in [0.15, 0.2) is 47.3 Å². The second-order valence-electron chi connectivity index (χ2n) is 7.42. The molecule has 1 amide bonds. The van der Waals surface area contributed by atoms with E-state index in [2.05, 4.69) is 13.8 Å². The van der Waals surface area contributed by atoms with Crippen molar-refractivity contribution in [3.63, 3.8) is 0 Å². The first-order chi connectivity index (χ1) is 13.2. The summed E-state index contributed by atoms with van der Waals surface area (Å²) in [7, 11) is 1.69. The summed E-state index contributed by atoms with van der Waals surface area (Å²) in [5.74, 6) is -0.139. The van der Waals surface area contributed by atoms with Gasteiger partial charge < -0.3 is 14.6 Å². The molecule has 2 aromatic carbocycles. The van der Waals surface area contributed by atoms with E-state index in [0.29, 0.717) is 12.2 Å². The van der Waals surface area contributed by atoms with Gasteiger partial charge in [-0.2, -0.15) is 0 Å². The third-order valence-electron chi connectivity index (χ3n) is 5.14. The number of hydrogen-bond donors (Lipinski definition) is 1. The molecule has 0 aliphatic carbocycles. The molecule has 0 atom stereocenters. The van der Waals surface area contributed by atoms with Crippen LogP contribution in [0.1, 0.15) is 48.2 Å². The van der Waals surface area contributed by atoms with Crippen molar-refractivity contribution in [1.29, 1.82) is 0 Å². The van der Waals surface area contributed by atoms with Gasteiger partial charge in [0.25, 0.3) is 11.5 Å². The average Bonchev–Trinajstić information content (AvgIpc) is 2.67. The molecule has 0 unspecified atom stereocenters. The zero-order valence-corrected chi connectivity index (χ0v) is 17.0. The molecule has 0 aliphatic heterocycles. The molecule has 0 radical (unpaired) electrons. The van der Waals surface area contributed by atoms with Crippen LogP contribution in [0.25, 0.3) is 10.9 Å². The number of phenols is 1. The van der Waals surface area contributed by atoms with Crippen LogP contribution in [0.5, 0.6) is 5.75 Å². The first kappa shape index (κ1) is 19.7. The minimum absolute atomic E-state index is 0.0134. The summed E-state index contributed by atoms with van der Waals surface area (Å²) in [6.07, 6.45) is 0. The Kier molecular flexibility index (Phi) is 5.27. The lowest BCUT2D eigenvalue weighted by molar-refractivity contribution is 0.0990. The SMILES string of the molecule is CCn1c(=O)cc(C(C)C)c2cc(N(C)C(=O)c3cc(C)ccc3O)ccc21. The number of hydrogen-bond acceptors (Lipinski definition) is 3. The molecule has 0 saturated heterocycles. The van der Waals surface area contributed by atoms with Gasteiger partial charge in [-0.3, -0.25) is 9.59 Å². The van der Waals surface area contributed by atoms with Gasteiger partial charge in [-0.1, -0.05) is 25.5 Å². The van der Waals surface area contributed by atoms with E-state index in [-0.39, 0.29) is 28.7 Å². The predicted molar refractivity (Wildman–Crippen MR) is 114 cm³/mol. The zero-order valence-electron chi connectivity index (χ0n) is 17.0. The van der Waals surface area contributed by atoms with Crippen molar-refractivity contribution in [3.05, 3.63) is 69.5 Å². The molecule has 0 aliphatic rings. The van der Waals surface area contributed by atoms with E-state index in [1.807, 2.05) is 32.0 Å². The second kappa shape index (κ2) is 7.50. The fourth-order valence-corrected chi connectivity index (χ4v) is 3.53. The third-order valence-corrected chi connectivity index (χ3v) is 5.14. The van der Waals surface area contributed by atoms with Crippen LogP contribution in [0.2, 0.25) is 0 Å². The Hall–Kier alpha value is -3.08.